The molecular formula is C14H26N2O. The molecule has 1 saturated carbocycles. The van der Waals surface area contributed by atoms with Crippen molar-refractivity contribution in [2.45, 2.75) is 44.6 Å². The van der Waals surface area contributed by atoms with Crippen LogP contribution in [-0.4, -0.2) is 55.4 Å². The molecule has 1 aliphatic heterocycles. The van der Waals surface area contributed by atoms with E-state index in [1.807, 2.05) is 0 Å². The monoisotopic (exact) mass is 238 g/mol. The maximum Gasteiger partial charge on any atom is 0.149 e. The van der Waals surface area contributed by atoms with E-state index < -0.39 is 0 Å². The van der Waals surface area contributed by atoms with Crippen molar-refractivity contribution < 1.29 is 4.79 Å². The van der Waals surface area contributed by atoms with Gasteiger partial charge in [0, 0.05) is 25.0 Å². The van der Waals surface area contributed by atoms with Gasteiger partial charge in [0.15, 0.2) is 0 Å². The number of carbonyl (C=O) groups is 1. The number of nitrogens with zero attached hydrogens (tertiary/aromatic N) is 2. The Balaban J connectivity index is 1.75. The molecule has 0 amide bonds. The van der Waals surface area contributed by atoms with E-state index in [4.69, 9.17) is 0 Å². The molecule has 1 heterocycles. The lowest BCUT2D eigenvalue weighted by atomic mass is 9.86. The maximum atomic E-state index is 12.2. The topological polar surface area (TPSA) is 23.6 Å². The smallest absolute Gasteiger partial charge is 0.149 e. The molecule has 98 valence electrons. The average Bonchev–Trinajstić information content (AvgIpc) is 2.79. The van der Waals surface area contributed by atoms with Gasteiger partial charge in [-0.15, -0.1) is 0 Å². The fourth-order valence-corrected chi connectivity index (χ4v) is 3.15. The second-order valence-electron chi connectivity index (χ2n) is 5.94. The Morgan fingerprint density at radius 1 is 1.18 bits per heavy atom. The summed E-state index contributed by atoms with van der Waals surface area (Å²) in [5, 5.41) is 0. The van der Waals surface area contributed by atoms with Crippen LogP contribution < -0.4 is 0 Å². The Bertz CT molecular complexity index is 259. The van der Waals surface area contributed by atoms with Gasteiger partial charge in [-0.2, -0.15) is 0 Å². The third kappa shape index (κ3) is 3.52. The fourth-order valence-electron chi connectivity index (χ4n) is 3.15. The SMILES string of the molecule is CN(C)C1CCN(CC(=O)C2CCCCC2)C1. The second kappa shape index (κ2) is 5.96. The molecule has 0 bridgehead atoms. The van der Waals surface area contributed by atoms with Crippen molar-refractivity contribution in [3.05, 3.63) is 0 Å². The predicted octanol–water partition coefficient (Wildman–Crippen LogP) is 1.77. The third-order valence-electron chi connectivity index (χ3n) is 4.42. The minimum atomic E-state index is 0.377. The molecule has 3 nitrogen and oxygen atoms in total. The molecule has 3 heteroatoms. The summed E-state index contributed by atoms with van der Waals surface area (Å²) in [5.74, 6) is 0.881. The highest BCUT2D eigenvalue weighted by atomic mass is 16.1. The number of hydrogen-bond acceptors (Lipinski definition) is 3. The van der Waals surface area contributed by atoms with Crippen LogP contribution in [0.4, 0.5) is 0 Å². The molecule has 2 aliphatic rings. The Labute approximate surface area is 105 Å². The lowest BCUT2D eigenvalue weighted by Gasteiger charge is -2.24. The largest absolute Gasteiger partial charge is 0.305 e. The summed E-state index contributed by atoms with van der Waals surface area (Å²) in [6.45, 7) is 2.88. The molecule has 2 fully saturated rings. The van der Waals surface area contributed by atoms with Gasteiger partial charge in [-0.3, -0.25) is 9.69 Å². The molecule has 0 spiro atoms. The van der Waals surface area contributed by atoms with E-state index in [0.29, 0.717) is 24.3 Å². The van der Waals surface area contributed by atoms with Crippen LogP contribution >= 0.6 is 0 Å². The summed E-state index contributed by atoms with van der Waals surface area (Å²) >= 11 is 0. The highest BCUT2D eigenvalue weighted by molar-refractivity contribution is 5.83. The number of Topliss-reactive ketones (excluding diaryl/α,β-unsaturated/α-hetero) is 1. The summed E-state index contributed by atoms with van der Waals surface area (Å²) in [4.78, 5) is 16.8. The van der Waals surface area contributed by atoms with E-state index in [0.717, 1.165) is 25.9 Å². The van der Waals surface area contributed by atoms with Gasteiger partial charge in [0.1, 0.15) is 5.78 Å². The van der Waals surface area contributed by atoms with E-state index in [-0.39, 0.29) is 0 Å². The Hall–Kier alpha value is -0.410. The molecule has 0 aromatic rings. The Morgan fingerprint density at radius 2 is 1.88 bits per heavy atom. The summed E-state index contributed by atoms with van der Waals surface area (Å²) in [5.41, 5.74) is 0. The van der Waals surface area contributed by atoms with Crippen molar-refractivity contribution in [2.24, 2.45) is 5.92 Å². The molecule has 1 saturated heterocycles. The van der Waals surface area contributed by atoms with Crippen LogP contribution in [0.15, 0.2) is 0 Å². The van der Waals surface area contributed by atoms with Crippen LogP contribution in [0.25, 0.3) is 0 Å². The van der Waals surface area contributed by atoms with Crippen LogP contribution in [-0.2, 0) is 4.79 Å². The lowest BCUT2D eigenvalue weighted by molar-refractivity contribution is -0.124. The molecule has 1 unspecified atom stereocenters. The minimum Gasteiger partial charge on any atom is -0.305 e. The first-order valence-electron chi connectivity index (χ1n) is 7.08. The van der Waals surface area contributed by atoms with Gasteiger partial charge in [0.25, 0.3) is 0 Å². The van der Waals surface area contributed by atoms with Gasteiger partial charge in [0.2, 0.25) is 0 Å². The van der Waals surface area contributed by atoms with Crippen molar-refractivity contribution in [2.75, 3.05) is 33.7 Å². The summed E-state index contributed by atoms with van der Waals surface area (Å²) in [6.07, 6.45) is 7.35. The van der Waals surface area contributed by atoms with E-state index in [2.05, 4.69) is 23.9 Å². The molecule has 0 radical (unpaired) electrons. The summed E-state index contributed by atoms with van der Waals surface area (Å²) in [6, 6.07) is 0.647. The van der Waals surface area contributed by atoms with Crippen molar-refractivity contribution in [1.82, 2.24) is 9.80 Å². The normalized spacial score (nSPS) is 27.8. The zero-order valence-corrected chi connectivity index (χ0v) is 11.3. The zero-order chi connectivity index (χ0) is 12.3. The van der Waals surface area contributed by atoms with E-state index in [1.165, 1.54) is 25.7 Å². The predicted molar refractivity (Wildman–Crippen MR) is 70.1 cm³/mol. The van der Waals surface area contributed by atoms with E-state index in [9.17, 15) is 4.79 Å². The first-order valence-corrected chi connectivity index (χ1v) is 7.08. The number of rotatable bonds is 4. The first-order chi connectivity index (χ1) is 8.16. The second-order valence-corrected chi connectivity index (χ2v) is 5.94. The number of hydrogen-bond donors (Lipinski definition) is 0. The van der Waals surface area contributed by atoms with Crippen molar-refractivity contribution in [1.29, 1.82) is 0 Å². The van der Waals surface area contributed by atoms with E-state index in [1.54, 1.807) is 0 Å². The molecule has 17 heavy (non-hydrogen) atoms. The van der Waals surface area contributed by atoms with Gasteiger partial charge in [0.05, 0.1) is 6.54 Å². The van der Waals surface area contributed by atoms with Crippen LogP contribution in [0.5, 0.6) is 0 Å². The standard InChI is InChI=1S/C14H26N2O/c1-15(2)13-8-9-16(10-13)11-14(17)12-6-4-3-5-7-12/h12-13H,3-11H2,1-2H3. The number of likely N-dealkylation sites (N-methyl/N-ethyl adjacent to an activating group) is 1. The fraction of sp³-hybridized carbons (Fsp3) is 0.929. The van der Waals surface area contributed by atoms with Crippen LogP contribution in [0.3, 0.4) is 0 Å². The van der Waals surface area contributed by atoms with Crippen molar-refractivity contribution >= 4 is 5.78 Å². The first kappa shape index (κ1) is 13.0. The quantitative estimate of drug-likeness (QED) is 0.746. The van der Waals surface area contributed by atoms with Crippen LogP contribution in [0, 0.1) is 5.92 Å². The molecule has 0 N–H and O–H groups in total. The Morgan fingerprint density at radius 3 is 2.47 bits per heavy atom. The van der Waals surface area contributed by atoms with Crippen molar-refractivity contribution in [3.63, 3.8) is 0 Å². The highest BCUT2D eigenvalue weighted by Crippen LogP contribution is 2.25. The van der Waals surface area contributed by atoms with Gasteiger partial charge in [-0.1, -0.05) is 19.3 Å². The van der Waals surface area contributed by atoms with Crippen LogP contribution in [0.1, 0.15) is 38.5 Å². The third-order valence-corrected chi connectivity index (χ3v) is 4.42. The molecule has 0 aromatic heterocycles. The van der Waals surface area contributed by atoms with Crippen LogP contribution in [0.2, 0.25) is 0 Å². The molecular weight excluding hydrogens is 212 g/mol. The molecule has 0 aromatic carbocycles. The number of ketones is 1. The minimum absolute atomic E-state index is 0.377. The molecule has 1 atom stereocenters. The van der Waals surface area contributed by atoms with Crippen molar-refractivity contribution in [3.8, 4) is 0 Å². The number of likely N-dealkylation sites (tertiary alicyclic amines) is 1. The van der Waals surface area contributed by atoms with Gasteiger partial charge in [-0.05, 0) is 33.4 Å². The average molecular weight is 238 g/mol. The van der Waals surface area contributed by atoms with Gasteiger partial charge in [-0.25, -0.2) is 0 Å². The van der Waals surface area contributed by atoms with Gasteiger partial charge >= 0.3 is 0 Å². The maximum absolute atomic E-state index is 12.2. The molecule has 2 rings (SSSR count). The Kier molecular flexibility index (Phi) is 4.57. The summed E-state index contributed by atoms with van der Waals surface area (Å²) < 4.78 is 0. The highest BCUT2D eigenvalue weighted by Gasteiger charge is 2.28. The number of carbonyl (C=O) groups excluding carboxylic acids is 1. The zero-order valence-electron chi connectivity index (χ0n) is 11.3. The van der Waals surface area contributed by atoms with Gasteiger partial charge < -0.3 is 4.90 Å². The van der Waals surface area contributed by atoms with E-state index >= 15 is 0 Å². The summed E-state index contributed by atoms with van der Waals surface area (Å²) in [7, 11) is 4.27. The lowest BCUT2D eigenvalue weighted by Crippen LogP contribution is -2.35. The molecule has 1 aliphatic carbocycles.